The summed E-state index contributed by atoms with van der Waals surface area (Å²) in [5.41, 5.74) is -0.141. The van der Waals surface area contributed by atoms with E-state index in [1.807, 2.05) is 13.8 Å². The molecule has 0 spiro atoms. The summed E-state index contributed by atoms with van der Waals surface area (Å²) in [5.74, 6) is -1.76. The summed E-state index contributed by atoms with van der Waals surface area (Å²) < 4.78 is 39.1. The van der Waals surface area contributed by atoms with Crippen LogP contribution in [0.5, 0.6) is 0 Å². The second kappa shape index (κ2) is 4.27. The number of benzene rings is 1. The maximum atomic E-state index is 12.9. The standard InChI is InChI=1S/C14H16FNO4S/c1-14(2)10-7-16(12(11(10)14)13(17)18)21(19,20)9-5-3-8(15)4-6-9/h3-6,10-12H,7H2,1-2H3,(H,17,18)/t10-,11-,12+/m1/s1. The molecule has 7 heteroatoms. The molecule has 1 heterocycles. The number of hydrogen-bond donors (Lipinski definition) is 1. The van der Waals surface area contributed by atoms with Crippen molar-refractivity contribution >= 4 is 16.0 Å². The van der Waals surface area contributed by atoms with Crippen molar-refractivity contribution in [3.05, 3.63) is 30.1 Å². The van der Waals surface area contributed by atoms with E-state index in [0.29, 0.717) is 0 Å². The van der Waals surface area contributed by atoms with Crippen LogP contribution in [0, 0.1) is 23.1 Å². The fourth-order valence-electron chi connectivity index (χ4n) is 3.52. The van der Waals surface area contributed by atoms with Gasteiger partial charge in [-0.1, -0.05) is 13.8 Å². The minimum Gasteiger partial charge on any atom is -0.480 e. The molecule has 1 saturated heterocycles. The zero-order valence-electron chi connectivity index (χ0n) is 11.7. The lowest BCUT2D eigenvalue weighted by Gasteiger charge is -2.27. The zero-order chi connectivity index (χ0) is 15.6. The van der Waals surface area contributed by atoms with Gasteiger partial charge in [0, 0.05) is 6.54 Å². The van der Waals surface area contributed by atoms with Gasteiger partial charge in [-0.3, -0.25) is 4.79 Å². The van der Waals surface area contributed by atoms with Crippen molar-refractivity contribution in [3.8, 4) is 0 Å². The highest BCUT2D eigenvalue weighted by Crippen LogP contribution is 2.65. The van der Waals surface area contributed by atoms with Gasteiger partial charge in [0.2, 0.25) is 10.0 Å². The number of aliphatic carboxylic acids is 1. The number of carboxylic acids is 1. The molecule has 5 nitrogen and oxygen atoms in total. The first-order valence-corrected chi connectivity index (χ1v) is 8.11. The number of hydrogen-bond acceptors (Lipinski definition) is 3. The van der Waals surface area contributed by atoms with Crippen molar-refractivity contribution in [1.82, 2.24) is 4.31 Å². The zero-order valence-corrected chi connectivity index (χ0v) is 12.5. The Morgan fingerprint density at radius 1 is 1.33 bits per heavy atom. The molecule has 3 rings (SSSR count). The van der Waals surface area contributed by atoms with Gasteiger partial charge in [0.15, 0.2) is 0 Å². The van der Waals surface area contributed by atoms with E-state index in [-0.39, 0.29) is 28.7 Å². The van der Waals surface area contributed by atoms with Gasteiger partial charge in [0.05, 0.1) is 4.90 Å². The highest BCUT2D eigenvalue weighted by molar-refractivity contribution is 7.89. The summed E-state index contributed by atoms with van der Waals surface area (Å²) >= 11 is 0. The Morgan fingerprint density at radius 3 is 2.43 bits per heavy atom. The molecule has 1 aromatic rings. The predicted molar refractivity (Wildman–Crippen MR) is 72.5 cm³/mol. The Bertz CT molecular complexity index is 698. The second-order valence-electron chi connectivity index (χ2n) is 6.27. The van der Waals surface area contributed by atoms with Crippen LogP contribution in [0.3, 0.4) is 0 Å². The molecule has 0 unspecified atom stereocenters. The van der Waals surface area contributed by atoms with Crippen molar-refractivity contribution in [1.29, 1.82) is 0 Å². The van der Waals surface area contributed by atoms with Gasteiger partial charge >= 0.3 is 5.97 Å². The minimum atomic E-state index is -3.92. The summed E-state index contributed by atoms with van der Waals surface area (Å²) in [5, 5.41) is 9.40. The van der Waals surface area contributed by atoms with Crippen LogP contribution in [0.1, 0.15) is 13.8 Å². The summed E-state index contributed by atoms with van der Waals surface area (Å²) in [6, 6.07) is 3.41. The fourth-order valence-corrected chi connectivity index (χ4v) is 5.14. The van der Waals surface area contributed by atoms with Gasteiger partial charge < -0.3 is 5.11 Å². The summed E-state index contributed by atoms with van der Waals surface area (Å²) in [7, 11) is -3.92. The first-order chi connectivity index (χ1) is 9.67. The molecule has 1 aliphatic heterocycles. The van der Waals surface area contributed by atoms with Crippen molar-refractivity contribution in [3.63, 3.8) is 0 Å². The van der Waals surface area contributed by atoms with Crippen LogP contribution in [0.25, 0.3) is 0 Å². The summed E-state index contributed by atoms with van der Waals surface area (Å²) in [4.78, 5) is 11.4. The number of halogens is 1. The second-order valence-corrected chi connectivity index (χ2v) is 8.16. The van der Waals surface area contributed by atoms with Crippen LogP contribution in [-0.2, 0) is 14.8 Å². The SMILES string of the molecule is CC1(C)[C@H]2[C@@H](C(=O)O)N(S(=O)(=O)c3ccc(F)cc3)C[C@H]21. The Morgan fingerprint density at radius 2 is 1.90 bits per heavy atom. The van der Waals surface area contributed by atoms with Crippen LogP contribution < -0.4 is 0 Å². The van der Waals surface area contributed by atoms with Crippen molar-refractivity contribution in [2.24, 2.45) is 17.3 Å². The lowest BCUT2D eigenvalue weighted by Crippen LogP contribution is -2.45. The van der Waals surface area contributed by atoms with Crippen LogP contribution in [0.2, 0.25) is 0 Å². The highest BCUT2D eigenvalue weighted by atomic mass is 32.2. The maximum absolute atomic E-state index is 12.9. The molecule has 1 aliphatic carbocycles. The monoisotopic (exact) mass is 313 g/mol. The molecule has 0 bridgehead atoms. The number of fused-ring (bicyclic) bond motifs is 1. The molecule has 21 heavy (non-hydrogen) atoms. The lowest BCUT2D eigenvalue weighted by atomic mass is 10.0. The Kier molecular flexibility index (Phi) is 2.94. The molecular weight excluding hydrogens is 297 g/mol. The first-order valence-electron chi connectivity index (χ1n) is 6.67. The van der Waals surface area contributed by atoms with E-state index in [2.05, 4.69) is 0 Å². The number of nitrogens with zero attached hydrogens (tertiary/aromatic N) is 1. The topological polar surface area (TPSA) is 74.7 Å². The predicted octanol–water partition coefficient (Wildman–Crippen LogP) is 1.56. The van der Waals surface area contributed by atoms with E-state index in [4.69, 9.17) is 0 Å². The van der Waals surface area contributed by atoms with E-state index >= 15 is 0 Å². The summed E-state index contributed by atoms with van der Waals surface area (Å²) in [6.07, 6.45) is 0. The quantitative estimate of drug-likeness (QED) is 0.919. The van der Waals surface area contributed by atoms with Crippen LogP contribution in [0.4, 0.5) is 4.39 Å². The fraction of sp³-hybridized carbons (Fsp3) is 0.500. The van der Waals surface area contributed by atoms with E-state index in [0.717, 1.165) is 16.4 Å². The van der Waals surface area contributed by atoms with E-state index < -0.39 is 27.9 Å². The van der Waals surface area contributed by atoms with Gasteiger partial charge in [-0.25, -0.2) is 12.8 Å². The Balaban J connectivity index is 1.97. The van der Waals surface area contributed by atoms with E-state index in [9.17, 15) is 22.7 Å². The van der Waals surface area contributed by atoms with Crippen molar-refractivity contribution < 1.29 is 22.7 Å². The lowest BCUT2D eigenvalue weighted by molar-refractivity contribution is -0.141. The molecule has 2 fully saturated rings. The van der Waals surface area contributed by atoms with Gasteiger partial charge in [0.25, 0.3) is 0 Å². The molecule has 1 aromatic carbocycles. The highest BCUT2D eigenvalue weighted by Gasteiger charge is 2.70. The number of sulfonamides is 1. The molecule has 0 radical (unpaired) electrons. The first kappa shape index (κ1) is 14.5. The van der Waals surface area contributed by atoms with Crippen molar-refractivity contribution in [2.45, 2.75) is 24.8 Å². The average Bonchev–Trinajstić information content (AvgIpc) is 2.76. The molecule has 3 atom stereocenters. The number of carboxylic acid groups (broad SMARTS) is 1. The normalized spacial score (nSPS) is 30.9. The molecule has 0 amide bonds. The van der Waals surface area contributed by atoms with Crippen molar-refractivity contribution in [2.75, 3.05) is 6.54 Å². The van der Waals surface area contributed by atoms with Gasteiger partial charge in [-0.05, 0) is 41.5 Å². The largest absolute Gasteiger partial charge is 0.480 e. The third kappa shape index (κ3) is 1.98. The van der Waals surface area contributed by atoms with Crippen LogP contribution >= 0.6 is 0 Å². The van der Waals surface area contributed by atoms with Gasteiger partial charge in [0.1, 0.15) is 11.9 Å². The molecule has 2 aliphatic rings. The van der Waals surface area contributed by atoms with Crippen LogP contribution in [-0.4, -0.2) is 36.4 Å². The third-order valence-electron chi connectivity index (χ3n) is 4.84. The van der Waals surface area contributed by atoms with Gasteiger partial charge in [-0.2, -0.15) is 4.31 Å². The molecule has 0 aromatic heterocycles. The van der Waals surface area contributed by atoms with Crippen LogP contribution in [0.15, 0.2) is 29.2 Å². The minimum absolute atomic E-state index is 0.0637. The van der Waals surface area contributed by atoms with Gasteiger partial charge in [-0.15, -0.1) is 0 Å². The Labute approximate surface area is 122 Å². The number of piperidine rings is 1. The molecular formula is C14H16FNO4S. The molecule has 1 N–H and O–H groups in total. The smallest absolute Gasteiger partial charge is 0.322 e. The molecule has 1 saturated carbocycles. The average molecular weight is 313 g/mol. The van der Waals surface area contributed by atoms with E-state index in [1.165, 1.54) is 12.1 Å². The summed E-state index contributed by atoms with van der Waals surface area (Å²) in [6.45, 7) is 4.12. The van der Waals surface area contributed by atoms with E-state index in [1.54, 1.807) is 0 Å². The number of carbonyl (C=O) groups is 1. The Hall–Kier alpha value is -1.47. The maximum Gasteiger partial charge on any atom is 0.322 e. The number of rotatable bonds is 3. The molecule has 114 valence electrons. The third-order valence-corrected chi connectivity index (χ3v) is 6.70.